The van der Waals surface area contributed by atoms with Crippen LogP contribution >= 0.6 is 0 Å². The summed E-state index contributed by atoms with van der Waals surface area (Å²) in [6, 6.07) is -0.922. The maximum absolute atomic E-state index is 13.3. The molecule has 0 aliphatic carbocycles. The van der Waals surface area contributed by atoms with Gasteiger partial charge in [-0.2, -0.15) is 13.2 Å². The number of amides is 2. The summed E-state index contributed by atoms with van der Waals surface area (Å²) >= 11 is 0. The maximum Gasteiger partial charge on any atom is 0.408 e. The van der Waals surface area contributed by atoms with Gasteiger partial charge in [-0.25, -0.2) is 0 Å². The van der Waals surface area contributed by atoms with Crippen molar-refractivity contribution in [3.8, 4) is 0 Å². The van der Waals surface area contributed by atoms with E-state index in [1.54, 1.807) is 0 Å². The van der Waals surface area contributed by atoms with Gasteiger partial charge in [-0.1, -0.05) is 6.92 Å². The predicted octanol–water partition coefficient (Wildman–Crippen LogP) is 2.90. The molecular weight excluding hydrogens is 325 g/mol. The molecule has 5 nitrogen and oxygen atoms in total. The molecule has 24 heavy (non-hydrogen) atoms. The lowest BCUT2D eigenvalue weighted by Crippen LogP contribution is -2.58. The van der Waals surface area contributed by atoms with Crippen LogP contribution in [0.25, 0.3) is 0 Å². The smallest absolute Gasteiger partial charge is 0.408 e. The Morgan fingerprint density at radius 2 is 2.08 bits per heavy atom. The molecule has 1 aromatic rings. The molecular formula is C16H21F3N2O3. The largest absolute Gasteiger partial charge is 0.469 e. The van der Waals surface area contributed by atoms with Crippen LogP contribution in [-0.4, -0.2) is 41.5 Å². The summed E-state index contributed by atoms with van der Waals surface area (Å²) in [5.74, 6) is -0.637. The number of furan rings is 1. The first-order chi connectivity index (χ1) is 11.2. The second-order valence-electron chi connectivity index (χ2n) is 6.00. The Balaban J connectivity index is 2.27. The number of nitrogens with one attached hydrogen (secondary N) is 1. The number of hydrogen-bond acceptors (Lipinski definition) is 3. The fraction of sp³-hybridized carbons (Fsp3) is 0.625. The number of halogens is 3. The minimum absolute atomic E-state index is 0.162. The van der Waals surface area contributed by atoms with Crippen LogP contribution in [0.3, 0.4) is 0 Å². The van der Waals surface area contributed by atoms with Crippen LogP contribution in [0, 0.1) is 0 Å². The highest BCUT2D eigenvalue weighted by atomic mass is 19.4. The van der Waals surface area contributed by atoms with Gasteiger partial charge in [0.25, 0.3) is 5.91 Å². The molecule has 0 bridgehead atoms. The molecule has 0 saturated carbocycles. The van der Waals surface area contributed by atoms with E-state index in [0.717, 1.165) is 4.90 Å². The Bertz CT molecular complexity index is 598. The van der Waals surface area contributed by atoms with Crippen LogP contribution in [0.2, 0.25) is 0 Å². The summed E-state index contributed by atoms with van der Waals surface area (Å²) in [5.41, 5.74) is 0.162. The second-order valence-corrected chi connectivity index (χ2v) is 6.00. The maximum atomic E-state index is 13.3. The zero-order valence-corrected chi connectivity index (χ0v) is 13.7. The molecule has 1 aliphatic rings. The summed E-state index contributed by atoms with van der Waals surface area (Å²) in [6.45, 7) is 3.03. The SMILES string of the molecule is CCCc1occc1C(=O)N1C[C@H](NC(C)=O)CC[C@@H]1C(F)(F)F. The lowest BCUT2D eigenvalue weighted by molar-refractivity contribution is -0.184. The van der Waals surface area contributed by atoms with Crippen LogP contribution in [0.4, 0.5) is 13.2 Å². The summed E-state index contributed by atoms with van der Waals surface area (Å²) in [4.78, 5) is 24.7. The predicted molar refractivity (Wildman–Crippen MR) is 80.4 cm³/mol. The molecule has 0 unspecified atom stereocenters. The second kappa shape index (κ2) is 7.27. The number of carbonyl (C=O) groups is 2. The van der Waals surface area contributed by atoms with Crippen molar-refractivity contribution in [2.24, 2.45) is 0 Å². The molecule has 2 rings (SSSR count). The van der Waals surface area contributed by atoms with E-state index in [9.17, 15) is 22.8 Å². The molecule has 0 aromatic carbocycles. The van der Waals surface area contributed by atoms with Crippen molar-refractivity contribution in [2.75, 3.05) is 6.54 Å². The van der Waals surface area contributed by atoms with Gasteiger partial charge in [-0.3, -0.25) is 9.59 Å². The average molecular weight is 346 g/mol. The summed E-state index contributed by atoms with van der Waals surface area (Å²) in [5, 5.41) is 2.60. The monoisotopic (exact) mass is 346 g/mol. The van der Waals surface area contributed by atoms with Crippen molar-refractivity contribution in [2.45, 2.75) is 57.8 Å². The molecule has 0 radical (unpaired) electrons. The van der Waals surface area contributed by atoms with Crippen LogP contribution in [-0.2, 0) is 11.2 Å². The van der Waals surface area contributed by atoms with Gasteiger partial charge in [0.15, 0.2) is 0 Å². The molecule has 2 heterocycles. The Morgan fingerprint density at radius 1 is 1.38 bits per heavy atom. The molecule has 0 spiro atoms. The van der Waals surface area contributed by atoms with E-state index in [2.05, 4.69) is 5.32 Å². The van der Waals surface area contributed by atoms with Crippen LogP contribution in [0.15, 0.2) is 16.7 Å². The first kappa shape index (κ1) is 18.4. The van der Waals surface area contributed by atoms with Gasteiger partial charge in [-0.05, 0) is 25.3 Å². The molecule has 1 aromatic heterocycles. The Hall–Kier alpha value is -1.99. The van der Waals surface area contributed by atoms with Gasteiger partial charge in [-0.15, -0.1) is 0 Å². The highest BCUT2D eigenvalue weighted by Gasteiger charge is 2.48. The number of piperidine rings is 1. The molecule has 1 saturated heterocycles. The quantitative estimate of drug-likeness (QED) is 0.912. The highest BCUT2D eigenvalue weighted by molar-refractivity contribution is 5.95. The number of nitrogens with zero attached hydrogens (tertiary/aromatic N) is 1. The minimum atomic E-state index is -4.51. The first-order valence-electron chi connectivity index (χ1n) is 7.95. The number of alkyl halides is 3. The van der Waals surface area contributed by atoms with Gasteiger partial charge in [0, 0.05) is 25.9 Å². The van der Waals surface area contributed by atoms with Gasteiger partial charge in [0.05, 0.1) is 11.8 Å². The third-order valence-electron chi connectivity index (χ3n) is 4.08. The van der Waals surface area contributed by atoms with Crippen LogP contribution in [0.1, 0.15) is 49.2 Å². The molecule has 134 valence electrons. The zero-order chi connectivity index (χ0) is 17.9. The minimum Gasteiger partial charge on any atom is -0.469 e. The molecule has 2 atom stereocenters. The fourth-order valence-corrected chi connectivity index (χ4v) is 3.05. The molecule has 2 amide bonds. The van der Waals surface area contributed by atoms with E-state index in [4.69, 9.17) is 4.42 Å². The molecule has 8 heteroatoms. The number of aryl methyl sites for hydroxylation is 1. The molecule has 1 fully saturated rings. The normalized spacial score (nSPS) is 21.6. The third kappa shape index (κ3) is 4.10. The first-order valence-corrected chi connectivity index (χ1v) is 7.95. The highest BCUT2D eigenvalue weighted by Crippen LogP contribution is 2.33. The third-order valence-corrected chi connectivity index (χ3v) is 4.08. The van der Waals surface area contributed by atoms with Crippen molar-refractivity contribution < 1.29 is 27.2 Å². The van der Waals surface area contributed by atoms with Crippen molar-refractivity contribution in [3.63, 3.8) is 0 Å². The van der Waals surface area contributed by atoms with Gasteiger partial charge < -0.3 is 14.6 Å². The molecule has 1 aliphatic heterocycles. The summed E-state index contributed by atoms with van der Waals surface area (Å²) < 4.78 is 45.2. The van der Waals surface area contributed by atoms with Crippen molar-refractivity contribution in [1.82, 2.24) is 10.2 Å². The lowest BCUT2D eigenvalue weighted by atomic mass is 9.96. The van der Waals surface area contributed by atoms with E-state index in [0.29, 0.717) is 18.6 Å². The van der Waals surface area contributed by atoms with Crippen LogP contribution in [0.5, 0.6) is 0 Å². The zero-order valence-electron chi connectivity index (χ0n) is 13.7. The Labute approximate surface area is 138 Å². The van der Waals surface area contributed by atoms with Gasteiger partial charge in [0.2, 0.25) is 5.91 Å². The van der Waals surface area contributed by atoms with Gasteiger partial charge in [0.1, 0.15) is 11.8 Å². The topological polar surface area (TPSA) is 62.6 Å². The fourth-order valence-electron chi connectivity index (χ4n) is 3.05. The Morgan fingerprint density at radius 3 is 2.67 bits per heavy atom. The van der Waals surface area contributed by atoms with E-state index < -0.39 is 24.2 Å². The van der Waals surface area contributed by atoms with Crippen LogP contribution < -0.4 is 5.32 Å². The van der Waals surface area contributed by atoms with Crippen molar-refractivity contribution >= 4 is 11.8 Å². The van der Waals surface area contributed by atoms with Crippen molar-refractivity contribution in [3.05, 3.63) is 23.7 Å². The standard InChI is InChI=1S/C16H21F3N2O3/c1-3-4-13-12(7-8-24-13)15(23)21-9-11(20-10(2)22)5-6-14(21)16(17,18)19/h7-8,11,14H,3-6,9H2,1-2H3,(H,20,22)/t11-,14-/m1/s1. The van der Waals surface area contributed by atoms with E-state index in [-0.39, 0.29) is 30.9 Å². The average Bonchev–Trinajstić information content (AvgIpc) is 2.93. The summed E-state index contributed by atoms with van der Waals surface area (Å²) in [6.07, 6.45) is -2.05. The van der Waals surface area contributed by atoms with Gasteiger partial charge >= 0.3 is 6.18 Å². The number of carbonyl (C=O) groups excluding carboxylic acids is 2. The van der Waals surface area contributed by atoms with E-state index >= 15 is 0 Å². The number of likely N-dealkylation sites (tertiary alicyclic amines) is 1. The van der Waals surface area contributed by atoms with E-state index in [1.807, 2.05) is 6.92 Å². The number of hydrogen-bond donors (Lipinski definition) is 1. The van der Waals surface area contributed by atoms with E-state index in [1.165, 1.54) is 19.3 Å². The number of rotatable bonds is 4. The van der Waals surface area contributed by atoms with Crippen molar-refractivity contribution in [1.29, 1.82) is 0 Å². The lowest BCUT2D eigenvalue weighted by Gasteiger charge is -2.40. The molecule has 1 N–H and O–H groups in total. The summed E-state index contributed by atoms with van der Waals surface area (Å²) in [7, 11) is 0. The Kier molecular flexibility index (Phi) is 5.56.